The molecule has 0 spiro atoms. The number of methoxy groups -OCH3 is 1. The predicted molar refractivity (Wildman–Crippen MR) is 114 cm³/mol. The summed E-state index contributed by atoms with van der Waals surface area (Å²) < 4.78 is 19.7. The summed E-state index contributed by atoms with van der Waals surface area (Å²) >= 11 is 0. The van der Waals surface area contributed by atoms with Crippen molar-refractivity contribution < 1.29 is 14.0 Å². The zero-order valence-electron chi connectivity index (χ0n) is 16.8. The average Bonchev–Trinajstić information content (AvgIpc) is 2.80. The van der Waals surface area contributed by atoms with Gasteiger partial charge in [0.05, 0.1) is 12.3 Å². The molecule has 30 heavy (non-hydrogen) atoms. The minimum absolute atomic E-state index is 0.226. The fourth-order valence-electron chi connectivity index (χ4n) is 3.35. The Bertz CT molecular complexity index is 999. The van der Waals surface area contributed by atoms with Crippen LogP contribution in [0.1, 0.15) is 18.4 Å². The Morgan fingerprint density at radius 1 is 1.00 bits per heavy atom. The highest BCUT2D eigenvalue weighted by atomic mass is 19.1. The molecule has 0 amide bonds. The van der Waals surface area contributed by atoms with Crippen molar-refractivity contribution in [2.75, 3.05) is 25.1 Å². The molecule has 0 radical (unpaired) electrons. The van der Waals surface area contributed by atoms with Crippen LogP contribution in [0.2, 0.25) is 0 Å². The van der Waals surface area contributed by atoms with Crippen LogP contribution in [0.3, 0.4) is 0 Å². The summed E-state index contributed by atoms with van der Waals surface area (Å²) in [6, 6.07) is 14.8. The molecule has 3 aromatic rings. The average molecular weight is 406 g/mol. The first kappa shape index (κ1) is 20.0. The Morgan fingerprint density at radius 2 is 1.73 bits per heavy atom. The molecule has 1 fully saturated rings. The van der Waals surface area contributed by atoms with Crippen molar-refractivity contribution in [3.8, 4) is 16.9 Å². The van der Waals surface area contributed by atoms with E-state index in [-0.39, 0.29) is 12.4 Å². The van der Waals surface area contributed by atoms with E-state index in [4.69, 9.17) is 9.57 Å². The number of nitrogens with zero attached hydrogens (tertiary/aromatic N) is 4. The van der Waals surface area contributed by atoms with Crippen molar-refractivity contribution in [1.29, 1.82) is 0 Å². The predicted octanol–water partition coefficient (Wildman–Crippen LogP) is 4.46. The van der Waals surface area contributed by atoms with Crippen LogP contribution in [-0.2, 0) is 11.3 Å². The molecular weight excluding hydrogens is 383 g/mol. The second-order valence-electron chi connectivity index (χ2n) is 7.03. The fourth-order valence-corrected chi connectivity index (χ4v) is 3.35. The molecule has 154 valence electrons. The summed E-state index contributed by atoms with van der Waals surface area (Å²) in [4.78, 5) is 16.5. The molecule has 0 saturated carbocycles. The molecule has 4 rings (SSSR count). The van der Waals surface area contributed by atoms with Crippen LogP contribution in [-0.4, -0.2) is 35.9 Å². The standard InChI is InChI=1S/C23H23FN4O2/c1-29-16-17-6-5-9-21(22(17)24)18-14-25-23(26-15-18)28-12-10-19(11-13-28)27-30-20-7-3-2-4-8-20/h2-9,14-15H,10-13,16H2,1H3. The van der Waals surface area contributed by atoms with Crippen LogP contribution < -0.4 is 9.74 Å². The second-order valence-corrected chi connectivity index (χ2v) is 7.03. The Labute approximate surface area is 175 Å². The number of halogens is 1. The number of hydrogen-bond acceptors (Lipinski definition) is 6. The number of ether oxygens (including phenoxy) is 1. The van der Waals surface area contributed by atoms with Gasteiger partial charge in [0, 0.05) is 62.1 Å². The van der Waals surface area contributed by atoms with Crippen LogP contribution in [0.4, 0.5) is 10.3 Å². The number of hydrogen-bond donors (Lipinski definition) is 0. The van der Waals surface area contributed by atoms with Gasteiger partial charge in [-0.1, -0.05) is 41.6 Å². The SMILES string of the molecule is COCc1cccc(-c2cnc(N3CCC(=NOc4ccccc4)CC3)nc2)c1F. The van der Waals surface area contributed by atoms with E-state index >= 15 is 0 Å². The lowest BCUT2D eigenvalue weighted by Gasteiger charge is -2.27. The van der Waals surface area contributed by atoms with Gasteiger partial charge in [-0.15, -0.1) is 0 Å². The quantitative estimate of drug-likeness (QED) is 0.566. The Kier molecular flexibility index (Phi) is 6.29. The molecule has 2 aromatic carbocycles. The van der Waals surface area contributed by atoms with Crippen LogP contribution in [0.5, 0.6) is 5.75 Å². The van der Waals surface area contributed by atoms with E-state index in [1.807, 2.05) is 36.4 Å². The van der Waals surface area contributed by atoms with Gasteiger partial charge in [-0.2, -0.15) is 0 Å². The molecule has 2 heterocycles. The normalized spacial score (nSPS) is 13.9. The zero-order valence-corrected chi connectivity index (χ0v) is 16.8. The van der Waals surface area contributed by atoms with Crippen molar-refractivity contribution in [2.45, 2.75) is 19.4 Å². The van der Waals surface area contributed by atoms with Crippen molar-refractivity contribution in [3.05, 3.63) is 72.3 Å². The lowest BCUT2D eigenvalue weighted by molar-refractivity contribution is 0.181. The number of para-hydroxylation sites is 1. The molecule has 1 aliphatic heterocycles. The summed E-state index contributed by atoms with van der Waals surface area (Å²) in [6.45, 7) is 1.74. The minimum Gasteiger partial charge on any atom is -0.380 e. The van der Waals surface area contributed by atoms with Gasteiger partial charge in [0.25, 0.3) is 0 Å². The summed E-state index contributed by atoms with van der Waals surface area (Å²) in [5, 5.41) is 4.27. The summed E-state index contributed by atoms with van der Waals surface area (Å²) in [7, 11) is 1.55. The van der Waals surface area contributed by atoms with E-state index in [1.54, 1.807) is 31.6 Å². The molecule has 6 nitrogen and oxygen atoms in total. The number of oxime groups is 1. The minimum atomic E-state index is -0.298. The molecule has 0 atom stereocenters. The molecular formula is C23H23FN4O2. The van der Waals surface area contributed by atoms with Crippen molar-refractivity contribution in [2.24, 2.45) is 5.16 Å². The molecule has 1 aliphatic rings. The first-order valence-electron chi connectivity index (χ1n) is 9.86. The number of benzene rings is 2. The van der Waals surface area contributed by atoms with Gasteiger partial charge < -0.3 is 14.5 Å². The molecule has 0 aliphatic carbocycles. The molecule has 0 bridgehead atoms. The topological polar surface area (TPSA) is 59.8 Å². The highest BCUT2D eigenvalue weighted by molar-refractivity contribution is 5.86. The van der Waals surface area contributed by atoms with E-state index in [0.717, 1.165) is 37.4 Å². The van der Waals surface area contributed by atoms with Gasteiger partial charge in [0.2, 0.25) is 5.95 Å². The van der Waals surface area contributed by atoms with Gasteiger partial charge >= 0.3 is 0 Å². The lowest BCUT2D eigenvalue weighted by Crippen LogP contribution is -2.35. The zero-order chi connectivity index (χ0) is 20.8. The first-order chi connectivity index (χ1) is 14.7. The van der Waals surface area contributed by atoms with E-state index in [0.29, 0.717) is 22.6 Å². The van der Waals surface area contributed by atoms with Crippen LogP contribution in [0.25, 0.3) is 11.1 Å². The molecule has 1 saturated heterocycles. The largest absolute Gasteiger partial charge is 0.380 e. The third-order valence-corrected chi connectivity index (χ3v) is 4.97. The third-order valence-electron chi connectivity index (χ3n) is 4.97. The monoisotopic (exact) mass is 406 g/mol. The number of aromatic nitrogens is 2. The Morgan fingerprint density at radius 3 is 2.43 bits per heavy atom. The van der Waals surface area contributed by atoms with Gasteiger partial charge in [-0.25, -0.2) is 14.4 Å². The smallest absolute Gasteiger partial charge is 0.225 e. The number of rotatable bonds is 6. The second kappa shape index (κ2) is 9.45. The first-order valence-corrected chi connectivity index (χ1v) is 9.86. The molecule has 1 aromatic heterocycles. The Balaban J connectivity index is 1.39. The van der Waals surface area contributed by atoms with Crippen molar-refractivity contribution in [1.82, 2.24) is 9.97 Å². The summed E-state index contributed by atoms with van der Waals surface area (Å²) in [5.41, 5.74) is 2.65. The molecule has 0 N–H and O–H groups in total. The molecule has 7 heteroatoms. The lowest BCUT2D eigenvalue weighted by atomic mass is 10.1. The van der Waals surface area contributed by atoms with Gasteiger partial charge in [0.1, 0.15) is 5.82 Å². The van der Waals surface area contributed by atoms with Crippen LogP contribution >= 0.6 is 0 Å². The summed E-state index contributed by atoms with van der Waals surface area (Å²) in [5.74, 6) is 1.07. The van der Waals surface area contributed by atoms with Crippen LogP contribution in [0.15, 0.2) is 66.1 Å². The summed E-state index contributed by atoms with van der Waals surface area (Å²) in [6.07, 6.45) is 4.90. The maximum Gasteiger partial charge on any atom is 0.225 e. The molecule has 0 unspecified atom stereocenters. The third kappa shape index (κ3) is 4.63. The maximum absolute atomic E-state index is 14.7. The van der Waals surface area contributed by atoms with E-state index in [2.05, 4.69) is 20.0 Å². The number of anilines is 1. The van der Waals surface area contributed by atoms with E-state index in [1.165, 1.54) is 0 Å². The fraction of sp³-hybridized carbons (Fsp3) is 0.261. The van der Waals surface area contributed by atoms with E-state index < -0.39 is 0 Å². The van der Waals surface area contributed by atoms with Gasteiger partial charge in [-0.05, 0) is 12.1 Å². The van der Waals surface area contributed by atoms with Crippen LogP contribution in [0, 0.1) is 5.82 Å². The van der Waals surface area contributed by atoms with E-state index in [9.17, 15) is 4.39 Å². The highest BCUT2D eigenvalue weighted by Crippen LogP contribution is 2.25. The van der Waals surface area contributed by atoms with Gasteiger partial charge in [-0.3, -0.25) is 0 Å². The Hall–Kier alpha value is -3.32. The van der Waals surface area contributed by atoms with Crippen molar-refractivity contribution >= 4 is 11.7 Å². The van der Waals surface area contributed by atoms with Gasteiger partial charge in [0.15, 0.2) is 5.75 Å². The maximum atomic E-state index is 14.7. The highest BCUT2D eigenvalue weighted by Gasteiger charge is 2.18. The van der Waals surface area contributed by atoms with Crippen molar-refractivity contribution in [3.63, 3.8) is 0 Å². The number of piperidine rings is 1.